The number of fused-ring (bicyclic) bond motifs is 1. The Morgan fingerprint density at radius 3 is 2.96 bits per heavy atom. The molecule has 0 saturated carbocycles. The van der Waals surface area contributed by atoms with E-state index in [0.717, 1.165) is 31.7 Å². The van der Waals surface area contributed by atoms with Crippen LogP contribution in [0.4, 0.5) is 0 Å². The molecule has 0 unspecified atom stereocenters. The van der Waals surface area contributed by atoms with E-state index in [1.807, 2.05) is 10.7 Å². The smallest absolute Gasteiger partial charge is 0.223 e. The maximum atomic E-state index is 12.0. The number of benzene rings is 1. The van der Waals surface area contributed by atoms with Crippen molar-refractivity contribution in [3.8, 4) is 0 Å². The summed E-state index contributed by atoms with van der Waals surface area (Å²) in [6.07, 6.45) is 3.77. The lowest BCUT2D eigenvalue weighted by Gasteiger charge is -2.37. The summed E-state index contributed by atoms with van der Waals surface area (Å²) in [7, 11) is 0. The van der Waals surface area contributed by atoms with Gasteiger partial charge in [-0.05, 0) is 18.9 Å². The van der Waals surface area contributed by atoms with Gasteiger partial charge in [-0.3, -0.25) is 9.48 Å². The fourth-order valence-corrected chi connectivity index (χ4v) is 3.88. The highest BCUT2D eigenvalue weighted by Gasteiger charge is 2.40. The standard InChI is InChI=1S/C18H22N4O/c1-13-15(12-21(20-13)11-14-5-3-2-4-6-14)18-16-7-8-17(23)22(16)10-9-19-18/h2-6,12,16,18-19H,7-11H2,1H3/t16-,18-/m0/s1. The van der Waals surface area contributed by atoms with E-state index in [2.05, 4.69) is 52.7 Å². The van der Waals surface area contributed by atoms with E-state index in [0.29, 0.717) is 12.3 Å². The highest BCUT2D eigenvalue weighted by molar-refractivity contribution is 5.79. The molecule has 0 spiro atoms. The first-order chi connectivity index (χ1) is 11.2. The number of aromatic nitrogens is 2. The third-order valence-electron chi connectivity index (χ3n) is 4.98. The van der Waals surface area contributed by atoms with Gasteiger partial charge >= 0.3 is 0 Å². The van der Waals surface area contributed by atoms with Crippen LogP contribution in [0.25, 0.3) is 0 Å². The predicted octanol–water partition coefficient (Wildman–Crippen LogP) is 1.88. The monoisotopic (exact) mass is 310 g/mol. The van der Waals surface area contributed by atoms with Gasteiger partial charge in [-0.1, -0.05) is 30.3 Å². The zero-order valence-electron chi connectivity index (χ0n) is 13.4. The SMILES string of the molecule is Cc1nn(Cc2ccccc2)cc1[C@@H]1NCCN2C(=O)CC[C@@H]12. The first-order valence-electron chi connectivity index (χ1n) is 8.33. The molecule has 1 aromatic carbocycles. The van der Waals surface area contributed by atoms with Crippen molar-refractivity contribution in [2.24, 2.45) is 0 Å². The summed E-state index contributed by atoms with van der Waals surface area (Å²) in [5.74, 6) is 0.302. The number of carbonyl (C=O) groups is 1. The molecule has 0 radical (unpaired) electrons. The summed E-state index contributed by atoms with van der Waals surface area (Å²) in [6, 6.07) is 10.9. The Morgan fingerprint density at radius 2 is 2.13 bits per heavy atom. The van der Waals surface area contributed by atoms with Gasteiger partial charge in [-0.2, -0.15) is 5.10 Å². The van der Waals surface area contributed by atoms with Crippen molar-refractivity contribution in [3.63, 3.8) is 0 Å². The fourth-order valence-electron chi connectivity index (χ4n) is 3.88. The van der Waals surface area contributed by atoms with E-state index in [-0.39, 0.29) is 12.1 Å². The fraction of sp³-hybridized carbons (Fsp3) is 0.444. The molecule has 2 atom stereocenters. The van der Waals surface area contributed by atoms with E-state index >= 15 is 0 Å². The Morgan fingerprint density at radius 1 is 1.30 bits per heavy atom. The lowest BCUT2D eigenvalue weighted by atomic mass is 9.96. The van der Waals surface area contributed by atoms with Gasteiger partial charge in [0.25, 0.3) is 0 Å². The number of amides is 1. The van der Waals surface area contributed by atoms with Crippen molar-refractivity contribution in [2.75, 3.05) is 13.1 Å². The quantitative estimate of drug-likeness (QED) is 0.941. The molecule has 2 fully saturated rings. The molecule has 2 aromatic rings. The van der Waals surface area contributed by atoms with Crippen molar-refractivity contribution in [2.45, 2.75) is 38.4 Å². The zero-order valence-corrected chi connectivity index (χ0v) is 13.4. The van der Waals surface area contributed by atoms with Crippen LogP contribution in [0, 0.1) is 6.92 Å². The second-order valence-corrected chi connectivity index (χ2v) is 6.48. The molecule has 23 heavy (non-hydrogen) atoms. The van der Waals surface area contributed by atoms with E-state index < -0.39 is 0 Å². The number of hydrogen-bond acceptors (Lipinski definition) is 3. The average molecular weight is 310 g/mol. The molecule has 5 nitrogen and oxygen atoms in total. The van der Waals surface area contributed by atoms with Gasteiger partial charge in [0.15, 0.2) is 0 Å². The van der Waals surface area contributed by atoms with Gasteiger partial charge < -0.3 is 10.2 Å². The highest BCUT2D eigenvalue weighted by Crippen LogP contribution is 2.33. The number of carbonyl (C=O) groups excluding carboxylic acids is 1. The second-order valence-electron chi connectivity index (χ2n) is 6.48. The van der Waals surface area contributed by atoms with E-state index in [1.54, 1.807) is 0 Å². The van der Waals surface area contributed by atoms with E-state index in [4.69, 9.17) is 0 Å². The van der Waals surface area contributed by atoms with Crippen LogP contribution in [0.1, 0.15) is 35.7 Å². The molecule has 4 rings (SSSR count). The Balaban J connectivity index is 1.58. The van der Waals surface area contributed by atoms with Crippen LogP contribution >= 0.6 is 0 Å². The van der Waals surface area contributed by atoms with Crippen molar-refractivity contribution >= 4 is 5.91 Å². The first kappa shape index (κ1) is 14.5. The molecule has 0 bridgehead atoms. The molecule has 5 heteroatoms. The molecule has 1 N–H and O–H groups in total. The summed E-state index contributed by atoms with van der Waals surface area (Å²) in [5, 5.41) is 8.29. The molecule has 2 saturated heterocycles. The number of nitrogens with zero attached hydrogens (tertiary/aromatic N) is 3. The van der Waals surface area contributed by atoms with Crippen LogP contribution in [0.3, 0.4) is 0 Å². The number of rotatable bonds is 3. The molecular weight excluding hydrogens is 288 g/mol. The van der Waals surface area contributed by atoms with E-state index in [9.17, 15) is 4.79 Å². The summed E-state index contributed by atoms with van der Waals surface area (Å²) < 4.78 is 2.01. The van der Waals surface area contributed by atoms with Crippen molar-refractivity contribution in [1.29, 1.82) is 0 Å². The van der Waals surface area contributed by atoms with Crippen LogP contribution < -0.4 is 5.32 Å². The third-order valence-corrected chi connectivity index (χ3v) is 4.98. The summed E-state index contributed by atoms with van der Waals surface area (Å²) in [4.78, 5) is 14.0. The number of piperazine rings is 1. The second kappa shape index (κ2) is 5.81. The molecule has 1 amide bonds. The van der Waals surface area contributed by atoms with Gasteiger partial charge in [0, 0.05) is 31.3 Å². The molecule has 1 aromatic heterocycles. The molecule has 2 aliphatic heterocycles. The lowest BCUT2D eigenvalue weighted by Crippen LogP contribution is -2.51. The van der Waals surface area contributed by atoms with Gasteiger partial charge in [0.05, 0.1) is 24.3 Å². The molecule has 120 valence electrons. The van der Waals surface area contributed by atoms with Gasteiger partial charge in [0.2, 0.25) is 5.91 Å². The zero-order chi connectivity index (χ0) is 15.8. The minimum atomic E-state index is 0.208. The number of aryl methyl sites for hydroxylation is 1. The van der Waals surface area contributed by atoms with Crippen LogP contribution in [0.5, 0.6) is 0 Å². The Kier molecular flexibility index (Phi) is 3.65. The Labute approximate surface area is 136 Å². The molecule has 2 aliphatic rings. The van der Waals surface area contributed by atoms with Crippen LogP contribution in [0.2, 0.25) is 0 Å². The van der Waals surface area contributed by atoms with Crippen molar-refractivity contribution in [3.05, 3.63) is 53.3 Å². The maximum absolute atomic E-state index is 12.0. The van der Waals surface area contributed by atoms with Crippen LogP contribution in [-0.2, 0) is 11.3 Å². The minimum Gasteiger partial charge on any atom is -0.337 e. The van der Waals surface area contributed by atoms with Crippen molar-refractivity contribution < 1.29 is 4.79 Å². The number of nitrogens with one attached hydrogen (secondary N) is 1. The normalized spacial score (nSPS) is 24.0. The Hall–Kier alpha value is -2.14. The van der Waals surface area contributed by atoms with Gasteiger partial charge in [-0.15, -0.1) is 0 Å². The van der Waals surface area contributed by atoms with Gasteiger partial charge in [-0.25, -0.2) is 0 Å². The summed E-state index contributed by atoms with van der Waals surface area (Å²) in [5.41, 5.74) is 3.53. The van der Waals surface area contributed by atoms with E-state index in [1.165, 1.54) is 11.1 Å². The highest BCUT2D eigenvalue weighted by atomic mass is 16.2. The minimum absolute atomic E-state index is 0.208. The van der Waals surface area contributed by atoms with Crippen molar-refractivity contribution in [1.82, 2.24) is 20.0 Å². The van der Waals surface area contributed by atoms with Gasteiger partial charge in [0.1, 0.15) is 0 Å². The summed E-state index contributed by atoms with van der Waals surface area (Å²) in [6.45, 7) is 4.53. The molecular formula is C18H22N4O. The molecule has 3 heterocycles. The average Bonchev–Trinajstić information content (AvgIpc) is 3.12. The first-order valence-corrected chi connectivity index (χ1v) is 8.33. The largest absolute Gasteiger partial charge is 0.337 e. The Bertz CT molecular complexity index is 709. The molecule has 0 aliphatic carbocycles. The summed E-state index contributed by atoms with van der Waals surface area (Å²) >= 11 is 0. The maximum Gasteiger partial charge on any atom is 0.223 e. The predicted molar refractivity (Wildman–Crippen MR) is 88.0 cm³/mol. The topological polar surface area (TPSA) is 50.2 Å². The third kappa shape index (κ3) is 2.65. The number of hydrogen-bond donors (Lipinski definition) is 1. The van der Waals surface area contributed by atoms with Crippen LogP contribution in [-0.4, -0.2) is 39.7 Å². The van der Waals surface area contributed by atoms with Crippen LogP contribution in [0.15, 0.2) is 36.5 Å². The lowest BCUT2D eigenvalue weighted by molar-refractivity contribution is -0.130.